The number of rotatable bonds is 4. The van der Waals surface area contributed by atoms with Gasteiger partial charge in [-0.15, -0.1) is 16.4 Å². The highest BCUT2D eigenvalue weighted by molar-refractivity contribution is 9.11. The third-order valence-corrected chi connectivity index (χ3v) is 8.46. The summed E-state index contributed by atoms with van der Waals surface area (Å²) >= 11 is 6.23. The molecule has 126 valence electrons. The summed E-state index contributed by atoms with van der Waals surface area (Å²) in [6.07, 6.45) is 2.33. The number of halogens is 1. The van der Waals surface area contributed by atoms with E-state index in [1.165, 1.54) is 29.5 Å². The molecule has 2 aliphatic rings. The Kier molecular flexibility index (Phi) is 3.89. The van der Waals surface area contributed by atoms with Crippen molar-refractivity contribution < 1.29 is 4.79 Å². The summed E-state index contributed by atoms with van der Waals surface area (Å²) in [5.74, 6) is 0.909. The Balaban J connectivity index is 1.55. The molecule has 2 atom stereocenters. The van der Waals surface area contributed by atoms with Gasteiger partial charge in [-0.2, -0.15) is 5.10 Å². The molecule has 2 aromatic heterocycles. The van der Waals surface area contributed by atoms with E-state index >= 15 is 0 Å². The Labute approximate surface area is 158 Å². The predicted octanol–water partition coefficient (Wildman–Crippen LogP) is 4.85. The minimum atomic E-state index is 0.0703. The van der Waals surface area contributed by atoms with Crippen molar-refractivity contribution in [2.75, 3.05) is 5.75 Å². The van der Waals surface area contributed by atoms with E-state index < -0.39 is 0 Å². The Bertz CT molecular complexity index is 835. The van der Waals surface area contributed by atoms with E-state index in [2.05, 4.69) is 46.9 Å². The fourth-order valence-corrected chi connectivity index (χ4v) is 6.17. The van der Waals surface area contributed by atoms with E-state index in [4.69, 9.17) is 4.98 Å². The molecular weight excluding hydrogens is 406 g/mol. The van der Waals surface area contributed by atoms with E-state index in [-0.39, 0.29) is 16.6 Å². The molecule has 2 aromatic rings. The highest BCUT2D eigenvalue weighted by Crippen LogP contribution is 2.66. The lowest BCUT2D eigenvalue weighted by Gasteiger charge is -2.33. The predicted molar refractivity (Wildman–Crippen MR) is 100 cm³/mol. The highest BCUT2D eigenvalue weighted by atomic mass is 79.9. The quantitative estimate of drug-likeness (QED) is 0.519. The van der Waals surface area contributed by atoms with Gasteiger partial charge in [-0.05, 0) is 46.3 Å². The van der Waals surface area contributed by atoms with Gasteiger partial charge in [-0.3, -0.25) is 4.79 Å². The summed E-state index contributed by atoms with van der Waals surface area (Å²) in [6.45, 7) is 6.94. The molecule has 0 spiro atoms. The number of thioether (sulfide) groups is 1. The molecule has 0 aliphatic heterocycles. The van der Waals surface area contributed by atoms with Crippen molar-refractivity contribution in [3.8, 4) is 0 Å². The van der Waals surface area contributed by atoms with Gasteiger partial charge in [-0.25, -0.2) is 4.98 Å². The second kappa shape index (κ2) is 5.61. The monoisotopic (exact) mass is 423 g/mol. The van der Waals surface area contributed by atoms with Crippen LogP contribution in [0.5, 0.6) is 0 Å². The summed E-state index contributed by atoms with van der Waals surface area (Å²) in [6, 6.07) is 3.75. The van der Waals surface area contributed by atoms with Gasteiger partial charge in [0.05, 0.1) is 25.8 Å². The molecule has 24 heavy (non-hydrogen) atoms. The maximum Gasteiger partial charge on any atom is 0.209 e. The summed E-state index contributed by atoms with van der Waals surface area (Å²) in [4.78, 5) is 17.8. The first-order valence-corrected chi connectivity index (χ1v) is 10.6. The van der Waals surface area contributed by atoms with Crippen LogP contribution in [0.4, 0.5) is 0 Å². The standard InChI is InChI=1S/C17H18BrN3OS2/c1-16(2)9-6-7-17(16,3)14-13(9)20-21-15(19-14)23-8-10(22)11-4-5-12(18)24-11/h4-5,9H,6-8H2,1-3H3/t9-,17-/m0/s1. The minimum absolute atomic E-state index is 0.0703. The molecule has 2 heterocycles. The van der Waals surface area contributed by atoms with Gasteiger partial charge in [0.2, 0.25) is 5.16 Å². The van der Waals surface area contributed by atoms with Gasteiger partial charge >= 0.3 is 0 Å². The molecule has 4 rings (SSSR count). The van der Waals surface area contributed by atoms with Gasteiger partial charge in [0.15, 0.2) is 5.78 Å². The third kappa shape index (κ3) is 2.31. The number of nitrogens with zero attached hydrogens (tertiary/aromatic N) is 3. The maximum absolute atomic E-state index is 12.3. The van der Waals surface area contributed by atoms with Gasteiger partial charge in [0.1, 0.15) is 0 Å². The zero-order chi connectivity index (χ0) is 17.1. The van der Waals surface area contributed by atoms with Crippen LogP contribution in [0, 0.1) is 5.41 Å². The first-order chi connectivity index (χ1) is 11.3. The molecule has 2 bridgehead atoms. The third-order valence-electron chi connectivity index (χ3n) is 5.95. The molecular formula is C17H18BrN3OS2. The number of hydrogen-bond acceptors (Lipinski definition) is 6. The lowest BCUT2D eigenvalue weighted by molar-refractivity contribution is 0.102. The molecule has 0 radical (unpaired) electrons. The summed E-state index contributed by atoms with van der Waals surface area (Å²) in [5, 5.41) is 9.38. The molecule has 0 saturated heterocycles. The second-order valence-electron chi connectivity index (χ2n) is 7.29. The Hall–Kier alpha value is -0.790. The van der Waals surface area contributed by atoms with Crippen LogP contribution in [-0.4, -0.2) is 26.7 Å². The number of aromatic nitrogens is 3. The van der Waals surface area contributed by atoms with Crippen LogP contribution in [0.3, 0.4) is 0 Å². The zero-order valence-electron chi connectivity index (χ0n) is 13.8. The van der Waals surface area contributed by atoms with Crippen molar-refractivity contribution in [1.82, 2.24) is 15.2 Å². The average Bonchev–Trinajstić information content (AvgIpc) is 3.12. The Morgan fingerprint density at radius 2 is 2.17 bits per heavy atom. The van der Waals surface area contributed by atoms with E-state index in [0.29, 0.717) is 16.8 Å². The average molecular weight is 424 g/mol. The molecule has 2 aliphatic carbocycles. The summed E-state index contributed by atoms with van der Waals surface area (Å²) in [7, 11) is 0. The molecule has 1 fully saturated rings. The first-order valence-electron chi connectivity index (χ1n) is 7.99. The van der Waals surface area contributed by atoms with Crippen LogP contribution in [-0.2, 0) is 5.41 Å². The topological polar surface area (TPSA) is 55.7 Å². The van der Waals surface area contributed by atoms with E-state index in [1.807, 2.05) is 12.1 Å². The molecule has 4 nitrogen and oxygen atoms in total. The van der Waals surface area contributed by atoms with Crippen LogP contribution in [0.1, 0.15) is 60.6 Å². The van der Waals surface area contributed by atoms with Gasteiger partial charge in [0.25, 0.3) is 0 Å². The summed E-state index contributed by atoms with van der Waals surface area (Å²) in [5.41, 5.74) is 2.43. The van der Waals surface area contributed by atoms with Crippen LogP contribution in [0.15, 0.2) is 21.1 Å². The van der Waals surface area contributed by atoms with Crippen molar-refractivity contribution in [3.63, 3.8) is 0 Å². The Morgan fingerprint density at radius 1 is 1.38 bits per heavy atom. The van der Waals surface area contributed by atoms with Crippen molar-refractivity contribution >= 4 is 44.8 Å². The number of thiophene rings is 1. The normalized spacial score (nSPS) is 26.6. The van der Waals surface area contributed by atoms with Gasteiger partial charge < -0.3 is 0 Å². The number of carbonyl (C=O) groups excluding carboxylic acids is 1. The number of fused-ring (bicyclic) bond motifs is 5. The van der Waals surface area contributed by atoms with E-state index in [9.17, 15) is 4.79 Å². The largest absolute Gasteiger partial charge is 0.292 e. The van der Waals surface area contributed by atoms with Crippen LogP contribution in [0.2, 0.25) is 0 Å². The van der Waals surface area contributed by atoms with Crippen molar-refractivity contribution in [1.29, 1.82) is 0 Å². The smallest absolute Gasteiger partial charge is 0.209 e. The molecule has 0 aromatic carbocycles. The number of hydrogen-bond donors (Lipinski definition) is 0. The Morgan fingerprint density at radius 3 is 2.88 bits per heavy atom. The first kappa shape index (κ1) is 16.7. The zero-order valence-corrected chi connectivity index (χ0v) is 17.0. The summed E-state index contributed by atoms with van der Waals surface area (Å²) < 4.78 is 0.970. The van der Waals surface area contributed by atoms with Crippen LogP contribution >= 0.6 is 39.0 Å². The highest BCUT2D eigenvalue weighted by Gasteiger charge is 2.61. The molecule has 0 unspecified atom stereocenters. The number of carbonyl (C=O) groups is 1. The van der Waals surface area contributed by atoms with Crippen molar-refractivity contribution in [2.45, 2.75) is 50.1 Å². The lowest BCUT2D eigenvalue weighted by Crippen LogP contribution is -2.32. The second-order valence-corrected chi connectivity index (χ2v) is 10.7. The molecule has 0 amide bonds. The SMILES string of the molecule is CC1(C)[C@H]2CC[C@@]1(C)c1nc(SCC(=O)c3ccc(Br)s3)nnc12. The van der Waals surface area contributed by atoms with Gasteiger partial charge in [0, 0.05) is 11.3 Å². The fourth-order valence-electron chi connectivity index (χ4n) is 4.09. The minimum Gasteiger partial charge on any atom is -0.292 e. The van der Waals surface area contributed by atoms with Crippen molar-refractivity contribution in [3.05, 3.63) is 32.2 Å². The lowest BCUT2D eigenvalue weighted by atomic mass is 9.70. The molecule has 7 heteroatoms. The van der Waals surface area contributed by atoms with Crippen molar-refractivity contribution in [2.24, 2.45) is 5.41 Å². The van der Waals surface area contributed by atoms with E-state index in [0.717, 1.165) is 26.5 Å². The number of ketones is 1. The van der Waals surface area contributed by atoms with Crippen LogP contribution in [0.25, 0.3) is 0 Å². The maximum atomic E-state index is 12.3. The van der Waals surface area contributed by atoms with Crippen LogP contribution < -0.4 is 0 Å². The number of Topliss-reactive ketones (excluding diaryl/α,β-unsaturated/α-hetero) is 1. The molecule has 0 N–H and O–H groups in total. The van der Waals surface area contributed by atoms with E-state index in [1.54, 1.807) is 0 Å². The fraction of sp³-hybridized carbons (Fsp3) is 0.529. The van der Waals surface area contributed by atoms with Gasteiger partial charge in [-0.1, -0.05) is 32.5 Å². The molecule has 1 saturated carbocycles.